The van der Waals surface area contributed by atoms with Crippen LogP contribution >= 0.6 is 0 Å². The Labute approximate surface area is 85.8 Å². The minimum atomic E-state index is -3.27. The van der Waals surface area contributed by atoms with Crippen molar-refractivity contribution in [3.63, 3.8) is 0 Å². The van der Waals surface area contributed by atoms with E-state index in [2.05, 4.69) is 10.6 Å². The summed E-state index contributed by atoms with van der Waals surface area (Å²) in [6.07, 6.45) is 0. The summed E-state index contributed by atoms with van der Waals surface area (Å²) >= 11 is 0. The number of nitrogens with one attached hydrogen (secondary N) is 2. The molecular weight excluding hydrogens is 210 g/mol. The summed E-state index contributed by atoms with van der Waals surface area (Å²) in [5, 5.41) is 13.2. The molecule has 0 aromatic heterocycles. The van der Waals surface area contributed by atoms with E-state index in [-0.39, 0.29) is 6.61 Å². The lowest BCUT2D eigenvalue weighted by molar-refractivity contribution is -0.128. The molecule has 0 aromatic carbocycles. The molecule has 0 aliphatic carbocycles. The summed E-state index contributed by atoms with van der Waals surface area (Å²) in [5.74, 6) is -3.81. The molecule has 1 unspecified atom stereocenters. The normalized spacial score (nSPS) is 22.5. The standard InChI is InChI=1S/C8H14F2N2O3/c9-8(10,5-13)4-12-7(14)6-3-15-2-1-11-6/h6,11,13H,1-5H2,(H,12,14). The number of carbonyl (C=O) groups excluding carboxylic acids is 1. The first-order valence-electron chi connectivity index (χ1n) is 4.63. The van der Waals surface area contributed by atoms with E-state index in [1.165, 1.54) is 0 Å². The van der Waals surface area contributed by atoms with Gasteiger partial charge in [0.25, 0.3) is 5.92 Å². The van der Waals surface area contributed by atoms with Crippen molar-refractivity contribution < 1.29 is 23.4 Å². The Kier molecular flexibility index (Phi) is 4.37. The molecule has 1 rings (SSSR count). The molecule has 0 bridgehead atoms. The van der Waals surface area contributed by atoms with Crippen molar-refractivity contribution in [2.75, 3.05) is 32.9 Å². The molecule has 1 amide bonds. The van der Waals surface area contributed by atoms with Crippen LogP contribution in [0.2, 0.25) is 0 Å². The fourth-order valence-corrected chi connectivity index (χ4v) is 1.13. The Morgan fingerprint density at radius 2 is 2.40 bits per heavy atom. The molecule has 0 aromatic rings. The van der Waals surface area contributed by atoms with E-state index < -0.39 is 31.0 Å². The van der Waals surface area contributed by atoms with Crippen LogP contribution in [-0.2, 0) is 9.53 Å². The monoisotopic (exact) mass is 224 g/mol. The third-order valence-electron chi connectivity index (χ3n) is 1.99. The molecule has 1 saturated heterocycles. The first-order valence-corrected chi connectivity index (χ1v) is 4.63. The zero-order valence-electron chi connectivity index (χ0n) is 8.13. The zero-order valence-corrected chi connectivity index (χ0v) is 8.13. The van der Waals surface area contributed by atoms with Crippen LogP contribution in [0.3, 0.4) is 0 Å². The Bertz CT molecular complexity index is 220. The summed E-state index contributed by atoms with van der Waals surface area (Å²) in [5.41, 5.74) is 0. The molecule has 1 aliphatic heterocycles. The van der Waals surface area contributed by atoms with Crippen LogP contribution in [0.25, 0.3) is 0 Å². The topological polar surface area (TPSA) is 70.6 Å². The van der Waals surface area contributed by atoms with Crippen molar-refractivity contribution in [3.8, 4) is 0 Å². The predicted octanol–water partition coefficient (Wildman–Crippen LogP) is -1.28. The van der Waals surface area contributed by atoms with Crippen LogP contribution in [-0.4, -0.2) is 55.9 Å². The molecule has 1 fully saturated rings. The second-order valence-corrected chi connectivity index (χ2v) is 3.31. The average molecular weight is 224 g/mol. The van der Waals surface area contributed by atoms with Crippen LogP contribution in [0, 0.1) is 0 Å². The molecule has 1 atom stereocenters. The minimum absolute atomic E-state index is 0.177. The number of halogens is 2. The number of morpholine rings is 1. The van der Waals surface area contributed by atoms with Gasteiger partial charge in [-0.05, 0) is 0 Å². The second kappa shape index (κ2) is 5.34. The molecule has 0 spiro atoms. The molecule has 0 saturated carbocycles. The SMILES string of the molecule is O=C(NCC(F)(F)CO)C1COCCN1. The van der Waals surface area contributed by atoms with Gasteiger partial charge in [-0.1, -0.05) is 0 Å². The number of aliphatic hydroxyl groups excluding tert-OH is 1. The highest BCUT2D eigenvalue weighted by Gasteiger charge is 2.30. The van der Waals surface area contributed by atoms with Crippen LogP contribution < -0.4 is 10.6 Å². The number of hydrogen-bond acceptors (Lipinski definition) is 4. The van der Waals surface area contributed by atoms with Crippen LogP contribution in [0.5, 0.6) is 0 Å². The van der Waals surface area contributed by atoms with Gasteiger partial charge in [-0.2, -0.15) is 0 Å². The number of rotatable bonds is 4. The molecule has 1 heterocycles. The predicted molar refractivity (Wildman–Crippen MR) is 47.7 cm³/mol. The third kappa shape index (κ3) is 4.06. The van der Waals surface area contributed by atoms with Gasteiger partial charge in [0, 0.05) is 6.54 Å². The quantitative estimate of drug-likeness (QED) is 0.556. The summed E-state index contributed by atoms with van der Waals surface area (Å²) in [6.45, 7) is -0.927. The number of amides is 1. The average Bonchev–Trinajstić information content (AvgIpc) is 2.27. The van der Waals surface area contributed by atoms with Crippen molar-refractivity contribution in [2.24, 2.45) is 0 Å². The van der Waals surface area contributed by atoms with Crippen molar-refractivity contribution in [1.82, 2.24) is 10.6 Å². The van der Waals surface area contributed by atoms with Gasteiger partial charge >= 0.3 is 0 Å². The maximum atomic E-state index is 12.6. The highest BCUT2D eigenvalue weighted by molar-refractivity contribution is 5.82. The van der Waals surface area contributed by atoms with E-state index in [0.29, 0.717) is 13.2 Å². The largest absolute Gasteiger partial charge is 0.390 e. The molecule has 5 nitrogen and oxygen atoms in total. The van der Waals surface area contributed by atoms with Crippen molar-refractivity contribution >= 4 is 5.91 Å². The highest BCUT2D eigenvalue weighted by Crippen LogP contribution is 2.09. The summed E-state index contributed by atoms with van der Waals surface area (Å²) in [4.78, 5) is 11.3. The Morgan fingerprint density at radius 1 is 1.67 bits per heavy atom. The Hall–Kier alpha value is -0.790. The fourth-order valence-electron chi connectivity index (χ4n) is 1.13. The van der Waals surface area contributed by atoms with Gasteiger partial charge in [-0.25, -0.2) is 8.78 Å². The summed E-state index contributed by atoms with van der Waals surface area (Å²) < 4.78 is 30.1. The molecule has 15 heavy (non-hydrogen) atoms. The van der Waals surface area contributed by atoms with Gasteiger partial charge in [0.1, 0.15) is 12.6 Å². The van der Waals surface area contributed by atoms with Crippen molar-refractivity contribution in [1.29, 1.82) is 0 Å². The van der Waals surface area contributed by atoms with Gasteiger partial charge in [0.2, 0.25) is 5.91 Å². The molecule has 0 radical (unpaired) electrons. The number of hydrogen-bond donors (Lipinski definition) is 3. The number of carbonyl (C=O) groups is 1. The van der Waals surface area contributed by atoms with Gasteiger partial charge in [0.15, 0.2) is 0 Å². The lowest BCUT2D eigenvalue weighted by Gasteiger charge is -2.23. The summed E-state index contributed by atoms with van der Waals surface area (Å²) in [7, 11) is 0. The summed E-state index contributed by atoms with van der Waals surface area (Å²) in [6, 6.07) is -0.590. The number of aliphatic hydroxyl groups is 1. The molecule has 88 valence electrons. The second-order valence-electron chi connectivity index (χ2n) is 3.31. The maximum absolute atomic E-state index is 12.6. The lowest BCUT2D eigenvalue weighted by Crippen LogP contribution is -2.53. The molecular formula is C8H14F2N2O3. The maximum Gasteiger partial charge on any atom is 0.287 e. The van der Waals surface area contributed by atoms with Gasteiger partial charge < -0.3 is 20.5 Å². The molecule has 3 N–H and O–H groups in total. The number of alkyl halides is 2. The van der Waals surface area contributed by atoms with Gasteiger partial charge in [-0.3, -0.25) is 4.79 Å². The van der Waals surface area contributed by atoms with Crippen molar-refractivity contribution in [2.45, 2.75) is 12.0 Å². The Morgan fingerprint density at radius 3 is 2.93 bits per heavy atom. The number of ether oxygens (including phenoxy) is 1. The van der Waals surface area contributed by atoms with E-state index in [9.17, 15) is 13.6 Å². The van der Waals surface area contributed by atoms with Crippen LogP contribution in [0.15, 0.2) is 0 Å². The smallest absolute Gasteiger partial charge is 0.287 e. The van der Waals surface area contributed by atoms with Crippen molar-refractivity contribution in [3.05, 3.63) is 0 Å². The van der Waals surface area contributed by atoms with E-state index >= 15 is 0 Å². The first-order chi connectivity index (χ1) is 7.05. The van der Waals surface area contributed by atoms with E-state index in [1.807, 2.05) is 0 Å². The highest BCUT2D eigenvalue weighted by atomic mass is 19.3. The first kappa shape index (κ1) is 12.3. The molecule has 7 heteroatoms. The molecule has 1 aliphatic rings. The minimum Gasteiger partial charge on any atom is -0.390 e. The van der Waals surface area contributed by atoms with E-state index in [4.69, 9.17) is 9.84 Å². The van der Waals surface area contributed by atoms with Gasteiger partial charge in [-0.15, -0.1) is 0 Å². The Balaban J connectivity index is 2.28. The fraction of sp³-hybridized carbons (Fsp3) is 0.875. The van der Waals surface area contributed by atoms with E-state index in [0.717, 1.165) is 0 Å². The van der Waals surface area contributed by atoms with E-state index in [1.54, 1.807) is 0 Å². The lowest BCUT2D eigenvalue weighted by atomic mass is 10.2. The van der Waals surface area contributed by atoms with Gasteiger partial charge in [0.05, 0.1) is 19.8 Å². The third-order valence-corrected chi connectivity index (χ3v) is 1.99. The van der Waals surface area contributed by atoms with Crippen LogP contribution in [0.1, 0.15) is 0 Å². The van der Waals surface area contributed by atoms with Crippen LogP contribution in [0.4, 0.5) is 8.78 Å². The zero-order chi connectivity index (χ0) is 11.3.